The molecule has 3 heteroatoms. The van der Waals surface area contributed by atoms with Gasteiger partial charge < -0.3 is 5.11 Å². The molecule has 1 aliphatic rings. The summed E-state index contributed by atoms with van der Waals surface area (Å²) in [6.07, 6.45) is 1.10. The lowest BCUT2D eigenvalue weighted by Gasteiger charge is -2.31. The van der Waals surface area contributed by atoms with Gasteiger partial charge in [-0.25, -0.2) is 0 Å². The highest BCUT2D eigenvalue weighted by Crippen LogP contribution is 2.36. The van der Waals surface area contributed by atoms with E-state index in [1.54, 1.807) is 0 Å². The molecule has 0 heterocycles. The molecular weight excluding hydrogens is 310 g/mol. The van der Waals surface area contributed by atoms with Gasteiger partial charge >= 0.3 is 0 Å². The summed E-state index contributed by atoms with van der Waals surface area (Å²) in [5.74, 6) is -0.00248. The van der Waals surface area contributed by atoms with Crippen molar-refractivity contribution in [1.29, 1.82) is 0 Å². The molecule has 0 radical (unpaired) electrons. The third-order valence-electron chi connectivity index (χ3n) is 4.43. The number of hydrogen-bond acceptors (Lipinski definition) is 3. The first kappa shape index (κ1) is 17.2. The van der Waals surface area contributed by atoms with Crippen molar-refractivity contribution in [3.63, 3.8) is 0 Å². The zero-order valence-electron chi connectivity index (χ0n) is 14.7. The van der Waals surface area contributed by atoms with E-state index in [0.717, 1.165) is 5.56 Å². The Morgan fingerprint density at radius 1 is 1.00 bits per heavy atom. The summed E-state index contributed by atoms with van der Waals surface area (Å²) >= 11 is 0. The van der Waals surface area contributed by atoms with Gasteiger partial charge in [0.2, 0.25) is 0 Å². The Morgan fingerprint density at radius 3 is 2.24 bits per heavy atom. The number of benzene rings is 2. The molecule has 0 unspecified atom stereocenters. The molecule has 0 saturated heterocycles. The molecule has 0 spiro atoms. The topological polar surface area (TPSA) is 49.7 Å². The van der Waals surface area contributed by atoms with E-state index in [0.29, 0.717) is 36.2 Å². The SMILES string of the molecule is CC1(C)CC(=O)/C(=C(/O)c2ccccc2)C(=NCc2ccccc2)C1. The predicted molar refractivity (Wildman–Crippen MR) is 102 cm³/mol. The van der Waals surface area contributed by atoms with Crippen LogP contribution in [0.2, 0.25) is 0 Å². The smallest absolute Gasteiger partial charge is 0.168 e. The minimum Gasteiger partial charge on any atom is -0.506 e. The van der Waals surface area contributed by atoms with Crippen molar-refractivity contribution in [1.82, 2.24) is 0 Å². The number of carbonyl (C=O) groups excluding carboxylic acids is 1. The zero-order chi connectivity index (χ0) is 17.9. The Kier molecular flexibility index (Phi) is 4.84. The van der Waals surface area contributed by atoms with E-state index in [1.165, 1.54) is 0 Å². The Morgan fingerprint density at radius 2 is 1.60 bits per heavy atom. The number of allylic oxidation sites excluding steroid dienone is 1. The highest BCUT2D eigenvalue weighted by Gasteiger charge is 2.36. The monoisotopic (exact) mass is 333 g/mol. The maximum atomic E-state index is 12.7. The fourth-order valence-electron chi connectivity index (χ4n) is 3.20. The molecule has 0 atom stereocenters. The van der Waals surface area contributed by atoms with Crippen LogP contribution in [0.25, 0.3) is 5.76 Å². The fraction of sp³-hybridized carbons (Fsp3) is 0.273. The van der Waals surface area contributed by atoms with Gasteiger partial charge in [-0.1, -0.05) is 74.5 Å². The van der Waals surface area contributed by atoms with Crippen LogP contribution in [-0.4, -0.2) is 16.6 Å². The van der Waals surface area contributed by atoms with Crippen LogP contribution in [0.3, 0.4) is 0 Å². The number of rotatable bonds is 3. The number of hydrogen-bond donors (Lipinski definition) is 1. The molecule has 0 bridgehead atoms. The van der Waals surface area contributed by atoms with Gasteiger partial charge in [-0.05, 0) is 17.4 Å². The van der Waals surface area contributed by atoms with Crippen LogP contribution >= 0.6 is 0 Å². The molecule has 2 aromatic carbocycles. The normalized spacial score (nSPS) is 20.6. The third kappa shape index (κ3) is 4.05. The van der Waals surface area contributed by atoms with Crippen molar-refractivity contribution in [2.45, 2.75) is 33.2 Å². The zero-order valence-corrected chi connectivity index (χ0v) is 14.7. The second-order valence-corrected chi connectivity index (χ2v) is 7.28. The van der Waals surface area contributed by atoms with Crippen molar-refractivity contribution < 1.29 is 9.90 Å². The molecule has 2 aromatic rings. The number of nitrogens with zero attached hydrogens (tertiary/aromatic N) is 1. The molecule has 0 aliphatic heterocycles. The highest BCUT2D eigenvalue weighted by atomic mass is 16.3. The Hall–Kier alpha value is -2.68. The molecule has 128 valence electrons. The van der Waals surface area contributed by atoms with Gasteiger partial charge in [0, 0.05) is 12.0 Å². The lowest BCUT2D eigenvalue weighted by molar-refractivity contribution is -0.117. The summed E-state index contributed by atoms with van der Waals surface area (Å²) < 4.78 is 0. The number of aliphatic hydroxyl groups excluding tert-OH is 1. The van der Waals surface area contributed by atoms with Crippen molar-refractivity contribution in [2.75, 3.05) is 0 Å². The predicted octanol–water partition coefficient (Wildman–Crippen LogP) is 4.99. The summed E-state index contributed by atoms with van der Waals surface area (Å²) in [7, 11) is 0. The first-order chi connectivity index (χ1) is 12.0. The minimum atomic E-state index is -0.146. The summed E-state index contributed by atoms with van der Waals surface area (Å²) in [6, 6.07) is 19.2. The van der Waals surface area contributed by atoms with Gasteiger partial charge in [-0.3, -0.25) is 9.79 Å². The van der Waals surface area contributed by atoms with E-state index >= 15 is 0 Å². The third-order valence-corrected chi connectivity index (χ3v) is 4.43. The second-order valence-electron chi connectivity index (χ2n) is 7.28. The van der Waals surface area contributed by atoms with Gasteiger partial charge in [0.1, 0.15) is 5.76 Å². The van der Waals surface area contributed by atoms with Crippen molar-refractivity contribution in [2.24, 2.45) is 10.4 Å². The Bertz CT molecular complexity index is 818. The van der Waals surface area contributed by atoms with Gasteiger partial charge in [0.05, 0.1) is 17.8 Å². The summed E-state index contributed by atoms with van der Waals surface area (Å²) in [6.45, 7) is 4.64. The fourth-order valence-corrected chi connectivity index (χ4v) is 3.20. The highest BCUT2D eigenvalue weighted by molar-refractivity contribution is 6.28. The van der Waals surface area contributed by atoms with Crippen LogP contribution in [0.4, 0.5) is 0 Å². The largest absolute Gasteiger partial charge is 0.506 e. The van der Waals surface area contributed by atoms with Crippen LogP contribution in [0.15, 0.2) is 71.2 Å². The molecule has 3 nitrogen and oxygen atoms in total. The number of aliphatic hydroxyl groups is 1. The molecule has 0 amide bonds. The molecule has 1 aliphatic carbocycles. The lowest BCUT2D eigenvalue weighted by atomic mass is 9.73. The molecule has 1 N–H and O–H groups in total. The molecule has 1 saturated carbocycles. The molecule has 3 rings (SSSR count). The summed E-state index contributed by atoms with van der Waals surface area (Å²) in [5, 5.41) is 10.7. The Balaban J connectivity index is 2.02. The van der Waals surface area contributed by atoms with E-state index in [-0.39, 0.29) is 17.0 Å². The average Bonchev–Trinajstić information content (AvgIpc) is 2.60. The number of Topliss-reactive ketones (excluding diaryl/α,β-unsaturated/α-hetero) is 1. The molecular formula is C22H23NO2. The number of carbonyl (C=O) groups is 1. The first-order valence-corrected chi connectivity index (χ1v) is 8.56. The number of ketones is 1. The average molecular weight is 333 g/mol. The van der Waals surface area contributed by atoms with Crippen molar-refractivity contribution >= 4 is 17.3 Å². The van der Waals surface area contributed by atoms with Crippen LogP contribution in [0, 0.1) is 5.41 Å². The summed E-state index contributed by atoms with van der Waals surface area (Å²) in [5.41, 5.74) is 2.67. The van der Waals surface area contributed by atoms with Crippen LogP contribution < -0.4 is 0 Å². The lowest BCUT2D eigenvalue weighted by Crippen LogP contribution is -2.32. The molecule has 25 heavy (non-hydrogen) atoms. The van der Waals surface area contributed by atoms with E-state index in [1.807, 2.05) is 60.7 Å². The van der Waals surface area contributed by atoms with Gasteiger partial charge in [-0.15, -0.1) is 0 Å². The minimum absolute atomic E-state index is 0.0351. The molecule has 0 aromatic heterocycles. The van der Waals surface area contributed by atoms with Crippen molar-refractivity contribution in [3.8, 4) is 0 Å². The second kappa shape index (κ2) is 7.06. The first-order valence-electron chi connectivity index (χ1n) is 8.56. The maximum absolute atomic E-state index is 12.7. The van der Waals surface area contributed by atoms with E-state index in [4.69, 9.17) is 4.99 Å². The van der Waals surface area contributed by atoms with E-state index in [9.17, 15) is 9.90 Å². The van der Waals surface area contributed by atoms with Crippen LogP contribution in [0.1, 0.15) is 37.8 Å². The Labute approximate surface area is 148 Å². The quantitative estimate of drug-likeness (QED) is 0.636. The van der Waals surface area contributed by atoms with Crippen LogP contribution in [-0.2, 0) is 11.3 Å². The molecule has 1 fully saturated rings. The van der Waals surface area contributed by atoms with Gasteiger partial charge in [0.15, 0.2) is 5.78 Å². The maximum Gasteiger partial charge on any atom is 0.168 e. The van der Waals surface area contributed by atoms with Gasteiger partial charge in [-0.2, -0.15) is 0 Å². The van der Waals surface area contributed by atoms with Gasteiger partial charge in [0.25, 0.3) is 0 Å². The summed E-state index contributed by atoms with van der Waals surface area (Å²) in [4.78, 5) is 17.5. The van der Waals surface area contributed by atoms with E-state index < -0.39 is 0 Å². The van der Waals surface area contributed by atoms with E-state index in [2.05, 4.69) is 13.8 Å². The number of aliphatic imine (C=N–C) groups is 1. The van der Waals surface area contributed by atoms with Crippen molar-refractivity contribution in [3.05, 3.63) is 77.4 Å². The van der Waals surface area contributed by atoms with Crippen LogP contribution in [0.5, 0.6) is 0 Å². The standard InChI is InChI=1S/C22H23NO2/c1-22(2)13-18(23-15-16-9-5-3-6-10-16)20(19(24)14-22)21(25)17-11-7-4-8-12-17/h3-12,25H,13-15H2,1-2H3/b21-20+,23-18?.